The number of para-hydroxylation sites is 1. The van der Waals surface area contributed by atoms with Crippen molar-refractivity contribution in [1.82, 2.24) is 19.8 Å². The van der Waals surface area contributed by atoms with Crippen molar-refractivity contribution in [2.75, 3.05) is 13.1 Å². The molecule has 1 aromatic carbocycles. The van der Waals surface area contributed by atoms with Crippen molar-refractivity contribution in [1.29, 1.82) is 0 Å². The molecule has 1 fully saturated rings. The predicted molar refractivity (Wildman–Crippen MR) is 83.1 cm³/mol. The van der Waals surface area contributed by atoms with Gasteiger partial charge in [-0.25, -0.2) is 8.42 Å². The highest BCUT2D eigenvalue weighted by molar-refractivity contribution is 7.90. The number of alkyl halides is 3. The van der Waals surface area contributed by atoms with Gasteiger partial charge in [0.25, 0.3) is 5.91 Å². The lowest BCUT2D eigenvalue weighted by atomic mass is 10.1. The first kappa shape index (κ1) is 17.7. The Balaban J connectivity index is 1.64. The van der Waals surface area contributed by atoms with Crippen molar-refractivity contribution in [2.45, 2.75) is 24.4 Å². The highest BCUT2D eigenvalue weighted by Gasteiger charge is 2.50. The Morgan fingerprint density at radius 1 is 1.24 bits per heavy atom. The maximum atomic E-state index is 12.5. The predicted octanol–water partition coefficient (Wildman–Crippen LogP) is 1.61. The maximum Gasteiger partial charge on any atom is 0.511 e. The number of carbonyl (C=O) groups excluding carboxylic acids is 1. The molecule has 1 aromatic heterocycles. The molecule has 0 aliphatic carbocycles. The van der Waals surface area contributed by atoms with Crippen LogP contribution in [-0.2, 0) is 10.0 Å². The third-order valence-corrected chi connectivity index (χ3v) is 5.74. The second-order valence-electron chi connectivity index (χ2n) is 5.72. The number of amides is 1. The molecule has 1 amide bonds. The second kappa shape index (κ2) is 6.30. The number of hydrogen-bond donors (Lipinski definition) is 2. The topological polar surface area (TPSA) is 95.2 Å². The third kappa shape index (κ3) is 3.33. The third-order valence-electron chi connectivity index (χ3n) is 4.11. The lowest BCUT2D eigenvalue weighted by Gasteiger charge is -2.31. The lowest BCUT2D eigenvalue weighted by Crippen LogP contribution is -2.49. The van der Waals surface area contributed by atoms with Gasteiger partial charge in [0.15, 0.2) is 5.69 Å². The Bertz CT molecular complexity index is 886. The molecule has 1 aliphatic rings. The van der Waals surface area contributed by atoms with Gasteiger partial charge in [0.2, 0.25) is 0 Å². The zero-order valence-electron chi connectivity index (χ0n) is 12.9. The molecule has 25 heavy (non-hydrogen) atoms. The van der Waals surface area contributed by atoms with E-state index in [4.69, 9.17) is 0 Å². The van der Waals surface area contributed by atoms with Gasteiger partial charge in [-0.2, -0.15) is 22.6 Å². The van der Waals surface area contributed by atoms with Crippen molar-refractivity contribution in [3.05, 3.63) is 30.0 Å². The van der Waals surface area contributed by atoms with E-state index in [0.717, 1.165) is 0 Å². The number of carbonyl (C=O) groups is 1. The van der Waals surface area contributed by atoms with Crippen LogP contribution in [0.1, 0.15) is 23.3 Å². The van der Waals surface area contributed by atoms with Gasteiger partial charge in [-0.05, 0) is 18.9 Å². The molecule has 0 bridgehead atoms. The van der Waals surface area contributed by atoms with Gasteiger partial charge in [-0.15, -0.1) is 0 Å². The van der Waals surface area contributed by atoms with Gasteiger partial charge < -0.3 is 5.32 Å². The molecule has 3 rings (SSSR count). The Hall–Kier alpha value is -2.14. The van der Waals surface area contributed by atoms with E-state index < -0.39 is 27.5 Å². The van der Waals surface area contributed by atoms with Crippen LogP contribution in [0.15, 0.2) is 24.3 Å². The van der Waals surface area contributed by atoms with E-state index in [1.807, 2.05) is 0 Å². The molecule has 11 heteroatoms. The Kier molecular flexibility index (Phi) is 4.45. The van der Waals surface area contributed by atoms with Crippen molar-refractivity contribution >= 4 is 26.8 Å². The van der Waals surface area contributed by atoms with E-state index in [2.05, 4.69) is 15.5 Å². The van der Waals surface area contributed by atoms with E-state index in [9.17, 15) is 26.4 Å². The standard InChI is InChI=1S/C14H15F3N4O3S/c15-14(16,17)25(23,24)21-7-5-9(6-8-21)18-13(22)12-10-3-1-2-4-11(10)19-20-12/h1-4,9H,5-8H2,(H,18,22)(H,19,20). The average Bonchev–Trinajstić information content (AvgIpc) is 2.98. The number of nitrogens with one attached hydrogen (secondary N) is 2. The van der Waals surface area contributed by atoms with Crippen molar-refractivity contribution < 1.29 is 26.4 Å². The van der Waals surface area contributed by atoms with Crippen molar-refractivity contribution in [3.63, 3.8) is 0 Å². The molecule has 7 nitrogen and oxygen atoms in total. The molecule has 0 unspecified atom stereocenters. The SMILES string of the molecule is O=C(NC1CCN(S(=O)(=O)C(F)(F)F)CC1)c1n[nH]c2ccccc12. The highest BCUT2D eigenvalue weighted by Crippen LogP contribution is 2.29. The first-order chi connectivity index (χ1) is 11.7. The molecule has 136 valence electrons. The molecular weight excluding hydrogens is 361 g/mol. The second-order valence-corrected chi connectivity index (χ2v) is 7.64. The van der Waals surface area contributed by atoms with E-state index >= 15 is 0 Å². The average molecular weight is 376 g/mol. The Morgan fingerprint density at radius 2 is 1.88 bits per heavy atom. The molecule has 0 saturated carbocycles. The van der Waals surface area contributed by atoms with Crippen LogP contribution in [-0.4, -0.2) is 53.5 Å². The summed E-state index contributed by atoms with van der Waals surface area (Å²) < 4.78 is 60.8. The van der Waals surface area contributed by atoms with Crippen LogP contribution in [0, 0.1) is 0 Å². The van der Waals surface area contributed by atoms with Crippen LogP contribution >= 0.6 is 0 Å². The molecule has 0 atom stereocenters. The van der Waals surface area contributed by atoms with E-state index in [0.29, 0.717) is 15.2 Å². The van der Waals surface area contributed by atoms with E-state index in [-0.39, 0.29) is 31.6 Å². The van der Waals surface area contributed by atoms with Crippen LogP contribution in [0.2, 0.25) is 0 Å². The number of hydrogen-bond acceptors (Lipinski definition) is 4. The minimum atomic E-state index is -5.32. The zero-order chi connectivity index (χ0) is 18.2. The molecule has 2 aromatic rings. The molecule has 1 saturated heterocycles. The molecule has 1 aliphatic heterocycles. The highest BCUT2D eigenvalue weighted by atomic mass is 32.2. The molecule has 2 N–H and O–H groups in total. The number of nitrogens with zero attached hydrogens (tertiary/aromatic N) is 2. The number of aromatic amines is 1. The Labute approximate surface area is 141 Å². The van der Waals surface area contributed by atoms with Gasteiger partial charge in [0.1, 0.15) is 0 Å². The number of halogens is 3. The maximum absolute atomic E-state index is 12.5. The summed E-state index contributed by atoms with van der Waals surface area (Å²) in [4.78, 5) is 12.3. The first-order valence-corrected chi connectivity index (χ1v) is 8.94. The van der Waals surface area contributed by atoms with Gasteiger partial charge >= 0.3 is 15.5 Å². The van der Waals surface area contributed by atoms with Crippen LogP contribution < -0.4 is 5.32 Å². The fraction of sp³-hybridized carbons (Fsp3) is 0.429. The summed E-state index contributed by atoms with van der Waals surface area (Å²) >= 11 is 0. The number of aromatic nitrogens is 2. The summed E-state index contributed by atoms with van der Waals surface area (Å²) in [6.07, 6.45) is 0.201. The molecule has 0 spiro atoms. The van der Waals surface area contributed by atoms with Gasteiger partial charge in [-0.1, -0.05) is 18.2 Å². The van der Waals surface area contributed by atoms with Crippen LogP contribution in [0.25, 0.3) is 10.9 Å². The summed E-state index contributed by atoms with van der Waals surface area (Å²) in [5.74, 6) is -0.449. The van der Waals surface area contributed by atoms with Crippen molar-refractivity contribution in [2.24, 2.45) is 0 Å². The molecular formula is C14H15F3N4O3S. The van der Waals surface area contributed by atoms with Gasteiger partial charge in [0.05, 0.1) is 5.52 Å². The number of rotatable bonds is 3. The minimum Gasteiger partial charge on any atom is -0.348 e. The zero-order valence-corrected chi connectivity index (χ0v) is 13.7. The van der Waals surface area contributed by atoms with Crippen molar-refractivity contribution in [3.8, 4) is 0 Å². The normalized spacial score (nSPS) is 17.7. The van der Waals surface area contributed by atoms with Crippen LogP contribution in [0.4, 0.5) is 13.2 Å². The largest absolute Gasteiger partial charge is 0.511 e. The molecule has 0 radical (unpaired) electrons. The fourth-order valence-electron chi connectivity index (χ4n) is 2.78. The fourth-order valence-corrected chi connectivity index (χ4v) is 3.76. The number of piperidine rings is 1. The quantitative estimate of drug-likeness (QED) is 0.851. The molecule has 2 heterocycles. The number of sulfonamides is 1. The Morgan fingerprint density at radius 3 is 2.52 bits per heavy atom. The lowest BCUT2D eigenvalue weighted by molar-refractivity contribution is -0.0495. The summed E-state index contributed by atoms with van der Waals surface area (Å²) in [5.41, 5.74) is -4.42. The van der Waals surface area contributed by atoms with Crippen LogP contribution in [0.5, 0.6) is 0 Å². The number of fused-ring (bicyclic) bond motifs is 1. The van der Waals surface area contributed by atoms with E-state index in [1.54, 1.807) is 24.3 Å². The monoisotopic (exact) mass is 376 g/mol. The summed E-state index contributed by atoms with van der Waals surface area (Å²) in [6, 6.07) is 6.63. The van der Waals surface area contributed by atoms with Gasteiger partial charge in [-0.3, -0.25) is 9.89 Å². The van der Waals surface area contributed by atoms with Gasteiger partial charge in [0, 0.05) is 24.5 Å². The summed E-state index contributed by atoms with van der Waals surface area (Å²) in [6.45, 7) is -0.595. The number of H-pyrrole nitrogens is 1. The smallest absolute Gasteiger partial charge is 0.348 e. The summed E-state index contributed by atoms with van der Waals surface area (Å²) in [5, 5.41) is 10.0. The van der Waals surface area contributed by atoms with E-state index in [1.165, 1.54) is 0 Å². The summed E-state index contributed by atoms with van der Waals surface area (Å²) in [7, 11) is -5.32. The first-order valence-electron chi connectivity index (χ1n) is 7.50. The number of benzene rings is 1. The van der Waals surface area contributed by atoms with Crippen LogP contribution in [0.3, 0.4) is 0 Å². The minimum absolute atomic E-state index is 0.101.